The van der Waals surface area contributed by atoms with Crippen molar-refractivity contribution in [2.75, 3.05) is 6.26 Å². The standard InChI is InChI=1S/C24H20O4S/c1-3-16-8-10-17(11-9-16)22-23(25)20-6-4-5-7-21(20)28-24(22)18-12-14-19(15-13-18)29(2,26)27/h4-15H,3H2,1-2H3. The molecule has 0 aliphatic carbocycles. The normalized spacial score (nSPS) is 11.7. The van der Waals surface area contributed by atoms with Crippen molar-refractivity contribution in [3.63, 3.8) is 0 Å². The molecule has 0 aliphatic rings. The molecule has 0 aliphatic heterocycles. The molecule has 0 fully saturated rings. The van der Waals surface area contributed by atoms with Crippen LogP contribution in [0.2, 0.25) is 0 Å². The fraction of sp³-hybridized carbons (Fsp3) is 0.125. The molecule has 3 aromatic carbocycles. The van der Waals surface area contributed by atoms with E-state index in [4.69, 9.17) is 4.42 Å². The highest BCUT2D eigenvalue weighted by atomic mass is 32.2. The molecule has 29 heavy (non-hydrogen) atoms. The van der Waals surface area contributed by atoms with Crippen LogP contribution in [0.25, 0.3) is 33.4 Å². The molecule has 0 bridgehead atoms. The maximum Gasteiger partial charge on any atom is 0.201 e. The van der Waals surface area contributed by atoms with E-state index in [0.29, 0.717) is 27.9 Å². The molecule has 146 valence electrons. The van der Waals surface area contributed by atoms with Crippen molar-refractivity contribution in [3.05, 3.63) is 88.6 Å². The third-order valence-corrected chi connectivity index (χ3v) is 6.12. The van der Waals surface area contributed by atoms with E-state index in [1.807, 2.05) is 36.4 Å². The molecule has 0 saturated carbocycles. The van der Waals surface area contributed by atoms with Gasteiger partial charge in [-0.3, -0.25) is 4.79 Å². The zero-order valence-electron chi connectivity index (χ0n) is 16.2. The molecular weight excluding hydrogens is 384 g/mol. The summed E-state index contributed by atoms with van der Waals surface area (Å²) in [5.74, 6) is 0.429. The average Bonchev–Trinajstić information content (AvgIpc) is 2.73. The van der Waals surface area contributed by atoms with Gasteiger partial charge in [0.1, 0.15) is 11.3 Å². The van der Waals surface area contributed by atoms with Gasteiger partial charge >= 0.3 is 0 Å². The SMILES string of the molecule is CCc1ccc(-c2c(-c3ccc(S(C)(=O)=O)cc3)oc3ccccc3c2=O)cc1. The fourth-order valence-electron chi connectivity index (χ4n) is 3.37. The second-order valence-electron chi connectivity index (χ2n) is 6.98. The van der Waals surface area contributed by atoms with Gasteiger partial charge in [-0.05, 0) is 53.9 Å². The highest BCUT2D eigenvalue weighted by Crippen LogP contribution is 2.33. The van der Waals surface area contributed by atoms with E-state index in [1.54, 1.807) is 24.3 Å². The van der Waals surface area contributed by atoms with E-state index in [1.165, 1.54) is 24.0 Å². The lowest BCUT2D eigenvalue weighted by molar-refractivity contribution is 0.601. The predicted molar refractivity (Wildman–Crippen MR) is 116 cm³/mol. The van der Waals surface area contributed by atoms with Crippen molar-refractivity contribution >= 4 is 20.8 Å². The smallest absolute Gasteiger partial charge is 0.201 e. The van der Waals surface area contributed by atoms with Crippen LogP contribution in [0, 0.1) is 0 Å². The van der Waals surface area contributed by atoms with Crippen molar-refractivity contribution < 1.29 is 12.8 Å². The number of rotatable bonds is 4. The first-order chi connectivity index (χ1) is 13.9. The van der Waals surface area contributed by atoms with E-state index in [0.717, 1.165) is 12.0 Å². The van der Waals surface area contributed by atoms with Crippen molar-refractivity contribution in [2.45, 2.75) is 18.2 Å². The van der Waals surface area contributed by atoms with Gasteiger partial charge in [0.15, 0.2) is 9.84 Å². The first-order valence-electron chi connectivity index (χ1n) is 9.34. The Morgan fingerprint density at radius 3 is 2.07 bits per heavy atom. The Balaban J connectivity index is 2.00. The highest BCUT2D eigenvalue weighted by molar-refractivity contribution is 7.90. The summed E-state index contributed by atoms with van der Waals surface area (Å²) in [5.41, 5.74) is 3.45. The lowest BCUT2D eigenvalue weighted by Gasteiger charge is -2.11. The van der Waals surface area contributed by atoms with E-state index in [2.05, 4.69) is 6.92 Å². The van der Waals surface area contributed by atoms with Crippen LogP contribution in [-0.4, -0.2) is 14.7 Å². The first kappa shape index (κ1) is 19.2. The molecule has 0 radical (unpaired) electrons. The van der Waals surface area contributed by atoms with Gasteiger partial charge in [0.05, 0.1) is 15.8 Å². The number of aryl methyl sites for hydroxylation is 1. The number of benzene rings is 3. The van der Waals surface area contributed by atoms with Gasteiger partial charge in [0.2, 0.25) is 5.43 Å². The van der Waals surface area contributed by atoms with Crippen LogP contribution in [0.5, 0.6) is 0 Å². The number of hydrogen-bond donors (Lipinski definition) is 0. The third-order valence-electron chi connectivity index (χ3n) is 4.99. The van der Waals surface area contributed by atoms with Crippen LogP contribution in [0.15, 0.2) is 86.9 Å². The molecule has 0 saturated heterocycles. The minimum atomic E-state index is -3.31. The van der Waals surface area contributed by atoms with Gasteiger partial charge < -0.3 is 4.42 Å². The average molecular weight is 404 g/mol. The molecule has 0 amide bonds. The zero-order valence-corrected chi connectivity index (χ0v) is 17.0. The van der Waals surface area contributed by atoms with Crippen LogP contribution >= 0.6 is 0 Å². The van der Waals surface area contributed by atoms with Gasteiger partial charge in [0, 0.05) is 11.8 Å². The number of sulfone groups is 1. The Morgan fingerprint density at radius 2 is 1.45 bits per heavy atom. The Kier molecular flexibility index (Phi) is 4.84. The Morgan fingerprint density at radius 1 is 0.828 bits per heavy atom. The summed E-state index contributed by atoms with van der Waals surface area (Å²) in [6.07, 6.45) is 2.07. The quantitative estimate of drug-likeness (QED) is 0.475. The summed E-state index contributed by atoms with van der Waals surface area (Å²) in [7, 11) is -3.31. The van der Waals surface area contributed by atoms with Crippen molar-refractivity contribution in [3.8, 4) is 22.5 Å². The van der Waals surface area contributed by atoms with E-state index in [9.17, 15) is 13.2 Å². The molecule has 1 aromatic heterocycles. The largest absolute Gasteiger partial charge is 0.455 e. The molecule has 0 unspecified atom stereocenters. The summed E-state index contributed by atoms with van der Waals surface area (Å²) in [6.45, 7) is 2.08. The Hall–Kier alpha value is -3.18. The van der Waals surface area contributed by atoms with Gasteiger partial charge in [-0.2, -0.15) is 0 Å². The van der Waals surface area contributed by atoms with Crippen molar-refractivity contribution in [1.82, 2.24) is 0 Å². The third kappa shape index (κ3) is 3.61. The summed E-state index contributed by atoms with van der Waals surface area (Å²) < 4.78 is 29.7. The van der Waals surface area contributed by atoms with Gasteiger partial charge in [0.25, 0.3) is 0 Å². The van der Waals surface area contributed by atoms with Crippen LogP contribution in [-0.2, 0) is 16.3 Å². The molecule has 5 heteroatoms. The summed E-state index contributed by atoms with van der Waals surface area (Å²) in [6, 6.07) is 21.4. The van der Waals surface area contributed by atoms with Crippen LogP contribution in [0.4, 0.5) is 0 Å². The lowest BCUT2D eigenvalue weighted by Crippen LogP contribution is -2.07. The second-order valence-corrected chi connectivity index (χ2v) is 8.99. The molecule has 4 rings (SSSR count). The van der Waals surface area contributed by atoms with E-state index in [-0.39, 0.29) is 10.3 Å². The minimum absolute atomic E-state index is 0.113. The molecule has 0 N–H and O–H groups in total. The summed E-state index contributed by atoms with van der Waals surface area (Å²) in [5, 5.41) is 0.513. The highest BCUT2D eigenvalue weighted by Gasteiger charge is 2.18. The van der Waals surface area contributed by atoms with Gasteiger partial charge in [-0.15, -0.1) is 0 Å². The van der Waals surface area contributed by atoms with Crippen molar-refractivity contribution in [2.24, 2.45) is 0 Å². The maximum atomic E-state index is 13.3. The maximum absolute atomic E-state index is 13.3. The lowest BCUT2D eigenvalue weighted by atomic mass is 9.97. The van der Waals surface area contributed by atoms with Gasteiger partial charge in [-0.1, -0.05) is 43.3 Å². The van der Waals surface area contributed by atoms with Crippen LogP contribution in [0.3, 0.4) is 0 Å². The first-order valence-corrected chi connectivity index (χ1v) is 11.2. The number of para-hydroxylation sites is 1. The summed E-state index contributed by atoms with van der Waals surface area (Å²) >= 11 is 0. The molecule has 1 heterocycles. The second kappa shape index (κ2) is 7.33. The Bertz CT molecular complexity index is 1350. The molecule has 4 aromatic rings. The predicted octanol–water partition coefficient (Wildman–Crippen LogP) is 5.09. The van der Waals surface area contributed by atoms with Crippen LogP contribution in [0.1, 0.15) is 12.5 Å². The minimum Gasteiger partial charge on any atom is -0.455 e. The monoisotopic (exact) mass is 404 g/mol. The molecule has 0 atom stereocenters. The van der Waals surface area contributed by atoms with Crippen LogP contribution < -0.4 is 5.43 Å². The Labute approximate surface area is 169 Å². The van der Waals surface area contributed by atoms with Gasteiger partial charge in [-0.25, -0.2) is 8.42 Å². The molecular formula is C24H20O4S. The van der Waals surface area contributed by atoms with Crippen molar-refractivity contribution in [1.29, 1.82) is 0 Å². The molecule has 0 spiro atoms. The fourth-order valence-corrected chi connectivity index (χ4v) is 4.00. The van der Waals surface area contributed by atoms with E-state index < -0.39 is 9.84 Å². The summed E-state index contributed by atoms with van der Waals surface area (Å²) in [4.78, 5) is 13.6. The number of hydrogen-bond acceptors (Lipinski definition) is 4. The zero-order chi connectivity index (χ0) is 20.6. The topological polar surface area (TPSA) is 64.3 Å². The molecule has 4 nitrogen and oxygen atoms in total. The number of fused-ring (bicyclic) bond motifs is 1. The van der Waals surface area contributed by atoms with E-state index >= 15 is 0 Å².